The van der Waals surface area contributed by atoms with Crippen LogP contribution in [0, 0.1) is 12.8 Å². The molecule has 0 amide bonds. The molecule has 1 aromatic heterocycles. The first kappa shape index (κ1) is 12.0. The van der Waals surface area contributed by atoms with E-state index >= 15 is 0 Å². The van der Waals surface area contributed by atoms with Gasteiger partial charge in [-0.15, -0.1) is 0 Å². The van der Waals surface area contributed by atoms with Crippen molar-refractivity contribution in [1.82, 2.24) is 14.9 Å². The Morgan fingerprint density at radius 3 is 2.67 bits per heavy atom. The molecule has 3 N–H and O–H groups in total. The second-order valence-corrected chi connectivity index (χ2v) is 5.28. The number of nitrogens with one attached hydrogen (secondary N) is 3. The number of aromatic nitrogens is 2. The van der Waals surface area contributed by atoms with Gasteiger partial charge in [0.05, 0.1) is 0 Å². The molecule has 0 fully saturated rings. The SMILES string of the molecule is Cc1cc(NS(=O)(=O)NCC(C)C)n[nH]1. The van der Waals surface area contributed by atoms with Crippen LogP contribution in [-0.2, 0) is 10.2 Å². The molecule has 0 spiro atoms. The standard InChI is InChI=1S/C8H16N4O2S/c1-6(2)5-9-15(13,14)12-8-4-7(3)10-11-8/h4,6,9H,5H2,1-3H3,(H2,10,11,12). The van der Waals surface area contributed by atoms with E-state index in [1.165, 1.54) is 0 Å². The molecule has 6 nitrogen and oxygen atoms in total. The zero-order valence-corrected chi connectivity index (χ0v) is 9.85. The molecule has 0 saturated heterocycles. The van der Waals surface area contributed by atoms with Gasteiger partial charge >= 0.3 is 0 Å². The van der Waals surface area contributed by atoms with Gasteiger partial charge in [0.2, 0.25) is 0 Å². The van der Waals surface area contributed by atoms with Gasteiger partial charge in [-0.3, -0.25) is 9.82 Å². The van der Waals surface area contributed by atoms with Crippen molar-refractivity contribution in [2.24, 2.45) is 5.92 Å². The van der Waals surface area contributed by atoms with Gasteiger partial charge in [-0.2, -0.15) is 18.2 Å². The summed E-state index contributed by atoms with van der Waals surface area (Å²) in [6.07, 6.45) is 0. The van der Waals surface area contributed by atoms with Crippen LogP contribution >= 0.6 is 0 Å². The summed E-state index contributed by atoms with van der Waals surface area (Å²) >= 11 is 0. The lowest BCUT2D eigenvalue weighted by atomic mass is 10.2. The predicted octanol–water partition coefficient (Wildman–Crippen LogP) is 0.620. The quantitative estimate of drug-likeness (QED) is 0.695. The number of hydrogen-bond acceptors (Lipinski definition) is 3. The highest BCUT2D eigenvalue weighted by molar-refractivity contribution is 7.90. The van der Waals surface area contributed by atoms with Gasteiger partial charge in [0.15, 0.2) is 5.82 Å². The molecule has 0 aliphatic rings. The molecular formula is C8H16N4O2S. The van der Waals surface area contributed by atoms with Crippen molar-refractivity contribution in [2.45, 2.75) is 20.8 Å². The van der Waals surface area contributed by atoms with E-state index in [-0.39, 0.29) is 5.92 Å². The predicted molar refractivity (Wildman–Crippen MR) is 58.7 cm³/mol. The molecule has 0 atom stereocenters. The Labute approximate surface area is 89.6 Å². The maximum atomic E-state index is 11.4. The number of aromatic amines is 1. The largest absolute Gasteiger partial charge is 0.300 e. The first-order chi connectivity index (χ1) is 6.89. The fraction of sp³-hybridized carbons (Fsp3) is 0.625. The molecule has 0 aromatic carbocycles. The second-order valence-electron chi connectivity index (χ2n) is 3.78. The average molecular weight is 232 g/mol. The minimum absolute atomic E-state index is 0.266. The molecule has 1 rings (SSSR count). The third-order valence-corrected chi connectivity index (χ3v) is 2.65. The van der Waals surface area contributed by atoms with E-state index in [1.807, 2.05) is 13.8 Å². The lowest BCUT2D eigenvalue weighted by Crippen LogP contribution is -2.32. The summed E-state index contributed by atoms with van der Waals surface area (Å²) in [6, 6.07) is 1.62. The molecule has 0 aliphatic carbocycles. The Morgan fingerprint density at radius 2 is 2.20 bits per heavy atom. The number of nitrogens with zero attached hydrogens (tertiary/aromatic N) is 1. The van der Waals surface area contributed by atoms with Crippen LogP contribution in [0.1, 0.15) is 19.5 Å². The Balaban J connectivity index is 2.57. The summed E-state index contributed by atoms with van der Waals surface area (Å²) in [6.45, 7) is 6.06. The lowest BCUT2D eigenvalue weighted by Gasteiger charge is -2.08. The molecular weight excluding hydrogens is 216 g/mol. The third-order valence-electron chi connectivity index (χ3n) is 1.63. The molecule has 0 bridgehead atoms. The monoisotopic (exact) mass is 232 g/mol. The Kier molecular flexibility index (Phi) is 3.70. The van der Waals surface area contributed by atoms with Crippen LogP contribution in [0.4, 0.5) is 5.82 Å². The van der Waals surface area contributed by atoms with E-state index in [2.05, 4.69) is 19.6 Å². The summed E-state index contributed by atoms with van der Waals surface area (Å²) < 4.78 is 27.6. The molecule has 0 saturated carbocycles. The molecule has 0 radical (unpaired) electrons. The van der Waals surface area contributed by atoms with Crippen LogP contribution in [0.25, 0.3) is 0 Å². The molecule has 7 heteroatoms. The highest BCUT2D eigenvalue weighted by atomic mass is 32.2. The normalized spacial score (nSPS) is 12.0. The van der Waals surface area contributed by atoms with Crippen LogP contribution in [0.15, 0.2) is 6.07 Å². The summed E-state index contributed by atoms with van der Waals surface area (Å²) in [5.41, 5.74) is 0.802. The molecule has 0 aliphatic heterocycles. The highest BCUT2D eigenvalue weighted by Gasteiger charge is 2.11. The Hall–Kier alpha value is -1.08. The fourth-order valence-corrected chi connectivity index (χ4v) is 1.93. The van der Waals surface area contributed by atoms with Crippen molar-refractivity contribution in [3.8, 4) is 0 Å². The van der Waals surface area contributed by atoms with E-state index in [4.69, 9.17) is 0 Å². The van der Waals surface area contributed by atoms with Crippen molar-refractivity contribution >= 4 is 16.0 Å². The van der Waals surface area contributed by atoms with Gasteiger partial charge in [0, 0.05) is 18.3 Å². The van der Waals surface area contributed by atoms with Crippen molar-refractivity contribution in [1.29, 1.82) is 0 Å². The summed E-state index contributed by atoms with van der Waals surface area (Å²) in [5, 5.41) is 6.42. The average Bonchev–Trinajstić information content (AvgIpc) is 2.47. The minimum Gasteiger partial charge on any atom is -0.281 e. The van der Waals surface area contributed by atoms with Crippen molar-refractivity contribution in [3.05, 3.63) is 11.8 Å². The summed E-state index contributed by atoms with van der Waals surface area (Å²) in [5.74, 6) is 0.561. The van der Waals surface area contributed by atoms with Gasteiger partial charge in [0.25, 0.3) is 10.2 Å². The van der Waals surface area contributed by atoms with Crippen molar-refractivity contribution in [3.63, 3.8) is 0 Å². The van der Waals surface area contributed by atoms with Gasteiger partial charge < -0.3 is 0 Å². The van der Waals surface area contributed by atoms with Crippen LogP contribution in [0.5, 0.6) is 0 Å². The number of aryl methyl sites for hydroxylation is 1. The molecule has 15 heavy (non-hydrogen) atoms. The summed E-state index contributed by atoms with van der Waals surface area (Å²) in [4.78, 5) is 0. The van der Waals surface area contributed by atoms with E-state index in [9.17, 15) is 8.42 Å². The minimum atomic E-state index is -3.50. The maximum Gasteiger partial charge on any atom is 0.300 e. The highest BCUT2D eigenvalue weighted by Crippen LogP contribution is 2.05. The van der Waals surface area contributed by atoms with Gasteiger partial charge in [0.1, 0.15) is 0 Å². The number of hydrogen-bond donors (Lipinski definition) is 3. The van der Waals surface area contributed by atoms with Crippen molar-refractivity contribution in [2.75, 3.05) is 11.3 Å². The molecule has 1 aromatic rings. The smallest absolute Gasteiger partial charge is 0.281 e. The Bertz CT molecular complexity index is 410. The number of anilines is 1. The van der Waals surface area contributed by atoms with E-state index < -0.39 is 10.2 Å². The maximum absolute atomic E-state index is 11.4. The fourth-order valence-electron chi connectivity index (χ4n) is 0.920. The molecule has 86 valence electrons. The van der Waals surface area contributed by atoms with Crippen LogP contribution in [0.3, 0.4) is 0 Å². The van der Waals surface area contributed by atoms with E-state index in [0.29, 0.717) is 12.4 Å². The van der Waals surface area contributed by atoms with E-state index in [1.54, 1.807) is 13.0 Å². The van der Waals surface area contributed by atoms with Crippen LogP contribution in [0.2, 0.25) is 0 Å². The molecule has 1 heterocycles. The van der Waals surface area contributed by atoms with Gasteiger partial charge in [-0.1, -0.05) is 13.8 Å². The second kappa shape index (κ2) is 4.63. The van der Waals surface area contributed by atoms with E-state index in [0.717, 1.165) is 5.69 Å². The zero-order valence-electron chi connectivity index (χ0n) is 9.03. The third kappa shape index (κ3) is 4.30. The lowest BCUT2D eigenvalue weighted by molar-refractivity contribution is 0.564. The first-order valence-electron chi connectivity index (χ1n) is 4.68. The number of H-pyrrole nitrogens is 1. The Morgan fingerprint density at radius 1 is 1.53 bits per heavy atom. The zero-order chi connectivity index (χ0) is 11.5. The van der Waals surface area contributed by atoms with Crippen molar-refractivity contribution < 1.29 is 8.42 Å². The first-order valence-corrected chi connectivity index (χ1v) is 6.17. The van der Waals surface area contributed by atoms with Crippen LogP contribution in [-0.4, -0.2) is 25.2 Å². The van der Waals surface area contributed by atoms with Gasteiger partial charge in [-0.05, 0) is 12.8 Å². The topological polar surface area (TPSA) is 86.9 Å². The van der Waals surface area contributed by atoms with Crippen LogP contribution < -0.4 is 9.44 Å². The number of rotatable bonds is 5. The molecule has 0 unspecified atom stereocenters. The van der Waals surface area contributed by atoms with Gasteiger partial charge in [-0.25, -0.2) is 0 Å². The summed E-state index contributed by atoms with van der Waals surface area (Å²) in [7, 11) is -3.50.